The number of nitrogens with two attached hydrogens (primary N) is 1. The number of hydrogen-bond acceptors (Lipinski definition) is 3. The Hall–Kier alpha value is -1.60. The van der Waals surface area contributed by atoms with Crippen molar-refractivity contribution in [1.29, 1.82) is 0 Å². The monoisotopic (exact) mass is 288 g/mol. The number of benzene rings is 1. The van der Waals surface area contributed by atoms with Crippen molar-refractivity contribution in [3.63, 3.8) is 0 Å². The van der Waals surface area contributed by atoms with Crippen LogP contribution in [0.2, 0.25) is 0 Å². The molecule has 0 aliphatic carbocycles. The highest BCUT2D eigenvalue weighted by Crippen LogP contribution is 2.31. The Kier molecular flexibility index (Phi) is 4.29. The predicted molar refractivity (Wildman–Crippen MR) is 67.0 cm³/mol. The van der Waals surface area contributed by atoms with Gasteiger partial charge < -0.3 is 15.8 Å². The fourth-order valence-electron chi connectivity index (χ4n) is 2.07. The molecule has 2 atom stereocenters. The van der Waals surface area contributed by atoms with Crippen LogP contribution in [-0.2, 0) is 15.7 Å². The van der Waals surface area contributed by atoms with Gasteiger partial charge in [-0.1, -0.05) is 6.07 Å². The Balaban J connectivity index is 2.02. The molecular weight excluding hydrogens is 273 g/mol. The maximum Gasteiger partial charge on any atom is 0.416 e. The summed E-state index contributed by atoms with van der Waals surface area (Å²) in [6, 6.07) is 4.50. The molecule has 1 amide bonds. The van der Waals surface area contributed by atoms with E-state index in [4.69, 9.17) is 10.5 Å². The molecule has 4 nitrogen and oxygen atoms in total. The zero-order valence-corrected chi connectivity index (χ0v) is 10.6. The van der Waals surface area contributed by atoms with Gasteiger partial charge in [0.1, 0.15) is 6.10 Å². The van der Waals surface area contributed by atoms with Crippen LogP contribution >= 0.6 is 0 Å². The first-order valence-corrected chi connectivity index (χ1v) is 6.24. The standard InChI is InChI=1S/C13H15F3N2O2/c14-13(15,16)8-2-1-3-9(6-8)18-12(19)11-5-4-10(7-17)20-11/h1-3,6,10-11H,4-5,7,17H2,(H,18,19)/t10-,11+/m1/s1. The second kappa shape index (κ2) is 5.80. The fraction of sp³-hybridized carbons (Fsp3) is 0.462. The molecule has 2 rings (SSSR count). The van der Waals surface area contributed by atoms with Crippen LogP contribution in [0.3, 0.4) is 0 Å². The molecule has 110 valence electrons. The van der Waals surface area contributed by atoms with Gasteiger partial charge in [0.15, 0.2) is 0 Å². The molecular formula is C13H15F3N2O2. The van der Waals surface area contributed by atoms with Crippen molar-refractivity contribution in [3.05, 3.63) is 29.8 Å². The Morgan fingerprint density at radius 1 is 1.40 bits per heavy atom. The highest BCUT2D eigenvalue weighted by molar-refractivity contribution is 5.94. The van der Waals surface area contributed by atoms with Gasteiger partial charge in [-0.15, -0.1) is 0 Å². The Morgan fingerprint density at radius 3 is 2.75 bits per heavy atom. The summed E-state index contributed by atoms with van der Waals surface area (Å²) in [5.74, 6) is -0.444. The van der Waals surface area contributed by atoms with E-state index in [0.717, 1.165) is 12.1 Å². The average Bonchev–Trinajstić information content (AvgIpc) is 2.87. The molecule has 0 unspecified atom stereocenters. The molecule has 0 spiro atoms. The van der Waals surface area contributed by atoms with Crippen molar-refractivity contribution < 1.29 is 22.7 Å². The lowest BCUT2D eigenvalue weighted by Gasteiger charge is -2.14. The summed E-state index contributed by atoms with van der Waals surface area (Å²) >= 11 is 0. The largest absolute Gasteiger partial charge is 0.416 e. The van der Waals surface area contributed by atoms with Crippen molar-refractivity contribution >= 4 is 11.6 Å². The van der Waals surface area contributed by atoms with Crippen LogP contribution in [0.15, 0.2) is 24.3 Å². The van der Waals surface area contributed by atoms with E-state index in [1.54, 1.807) is 0 Å². The summed E-state index contributed by atoms with van der Waals surface area (Å²) in [5, 5.41) is 2.44. The third-order valence-electron chi connectivity index (χ3n) is 3.12. The second-order valence-electron chi connectivity index (χ2n) is 4.63. The van der Waals surface area contributed by atoms with Gasteiger partial charge in [-0.3, -0.25) is 4.79 Å². The highest BCUT2D eigenvalue weighted by atomic mass is 19.4. The molecule has 7 heteroatoms. The Labute approximate surface area is 114 Å². The summed E-state index contributed by atoms with van der Waals surface area (Å²) < 4.78 is 43.0. The summed E-state index contributed by atoms with van der Waals surface area (Å²) in [4.78, 5) is 11.9. The number of hydrogen-bond donors (Lipinski definition) is 2. The third-order valence-corrected chi connectivity index (χ3v) is 3.12. The fourth-order valence-corrected chi connectivity index (χ4v) is 2.07. The summed E-state index contributed by atoms with van der Waals surface area (Å²) in [5.41, 5.74) is 4.73. The smallest absolute Gasteiger partial charge is 0.364 e. The lowest BCUT2D eigenvalue weighted by atomic mass is 10.1. The zero-order valence-electron chi connectivity index (χ0n) is 10.6. The number of carbonyl (C=O) groups is 1. The lowest BCUT2D eigenvalue weighted by Crippen LogP contribution is -2.29. The van der Waals surface area contributed by atoms with E-state index >= 15 is 0 Å². The Morgan fingerprint density at radius 2 is 2.15 bits per heavy atom. The van der Waals surface area contributed by atoms with Crippen LogP contribution in [-0.4, -0.2) is 24.7 Å². The normalized spacial score (nSPS) is 22.8. The topological polar surface area (TPSA) is 64.4 Å². The number of ether oxygens (including phenoxy) is 1. The molecule has 0 bridgehead atoms. The first-order valence-electron chi connectivity index (χ1n) is 6.24. The molecule has 0 radical (unpaired) electrons. The van der Waals surface area contributed by atoms with E-state index in [0.29, 0.717) is 19.4 Å². The van der Waals surface area contributed by atoms with Gasteiger partial charge in [-0.05, 0) is 31.0 Å². The minimum absolute atomic E-state index is 0.102. The molecule has 0 saturated carbocycles. The van der Waals surface area contributed by atoms with E-state index in [2.05, 4.69) is 5.32 Å². The van der Waals surface area contributed by atoms with Gasteiger partial charge in [-0.25, -0.2) is 0 Å². The van der Waals surface area contributed by atoms with Crippen molar-refractivity contribution in [2.45, 2.75) is 31.2 Å². The van der Waals surface area contributed by atoms with Gasteiger partial charge in [-0.2, -0.15) is 13.2 Å². The van der Waals surface area contributed by atoms with Crippen LogP contribution in [0.25, 0.3) is 0 Å². The van der Waals surface area contributed by atoms with Crippen molar-refractivity contribution in [2.75, 3.05) is 11.9 Å². The quantitative estimate of drug-likeness (QED) is 0.895. The van der Waals surface area contributed by atoms with E-state index in [1.165, 1.54) is 12.1 Å². The van der Waals surface area contributed by atoms with Gasteiger partial charge >= 0.3 is 6.18 Å². The summed E-state index contributed by atoms with van der Waals surface area (Å²) in [6.45, 7) is 0.327. The maximum atomic E-state index is 12.6. The number of amides is 1. The number of nitrogens with one attached hydrogen (secondary N) is 1. The molecule has 1 aliphatic rings. The average molecular weight is 288 g/mol. The highest BCUT2D eigenvalue weighted by Gasteiger charge is 2.32. The molecule has 1 aromatic carbocycles. The summed E-state index contributed by atoms with van der Waals surface area (Å²) in [7, 11) is 0. The van der Waals surface area contributed by atoms with Gasteiger partial charge in [0.2, 0.25) is 0 Å². The molecule has 0 aromatic heterocycles. The second-order valence-corrected chi connectivity index (χ2v) is 4.63. The van der Waals surface area contributed by atoms with Crippen molar-refractivity contribution in [3.8, 4) is 0 Å². The van der Waals surface area contributed by atoms with Gasteiger partial charge in [0.25, 0.3) is 5.91 Å². The van der Waals surface area contributed by atoms with E-state index in [-0.39, 0.29) is 11.8 Å². The van der Waals surface area contributed by atoms with Crippen LogP contribution in [0.4, 0.5) is 18.9 Å². The molecule has 1 aromatic rings. The number of anilines is 1. The van der Waals surface area contributed by atoms with Crippen molar-refractivity contribution in [1.82, 2.24) is 0 Å². The van der Waals surface area contributed by atoms with Gasteiger partial charge in [0, 0.05) is 12.2 Å². The minimum Gasteiger partial charge on any atom is -0.364 e. The number of halogens is 3. The lowest BCUT2D eigenvalue weighted by molar-refractivity contribution is -0.137. The van der Waals surface area contributed by atoms with Crippen LogP contribution in [0.5, 0.6) is 0 Å². The first-order chi connectivity index (χ1) is 9.40. The van der Waals surface area contributed by atoms with Gasteiger partial charge in [0.05, 0.1) is 11.7 Å². The van der Waals surface area contributed by atoms with E-state index in [9.17, 15) is 18.0 Å². The first kappa shape index (κ1) is 14.8. The number of rotatable bonds is 3. The maximum absolute atomic E-state index is 12.6. The summed E-state index contributed by atoms with van der Waals surface area (Å²) in [6.07, 6.45) is -4.05. The molecule has 3 N–H and O–H groups in total. The SMILES string of the molecule is NC[C@H]1CC[C@@H](C(=O)Nc2cccc(C(F)(F)F)c2)O1. The number of alkyl halides is 3. The molecule has 20 heavy (non-hydrogen) atoms. The molecule has 1 aliphatic heterocycles. The predicted octanol–water partition coefficient (Wildman–Crippen LogP) is 2.15. The van der Waals surface area contributed by atoms with Crippen LogP contribution in [0, 0.1) is 0 Å². The Bertz CT molecular complexity index is 491. The third kappa shape index (κ3) is 3.49. The van der Waals surface area contributed by atoms with Crippen LogP contribution in [0.1, 0.15) is 18.4 Å². The van der Waals surface area contributed by atoms with E-state index < -0.39 is 23.8 Å². The van der Waals surface area contributed by atoms with Crippen molar-refractivity contribution in [2.24, 2.45) is 5.73 Å². The minimum atomic E-state index is -4.44. The molecule has 1 heterocycles. The van der Waals surface area contributed by atoms with Crippen LogP contribution < -0.4 is 11.1 Å². The number of carbonyl (C=O) groups excluding carboxylic acids is 1. The molecule has 1 saturated heterocycles. The molecule has 1 fully saturated rings. The zero-order chi connectivity index (χ0) is 14.8. The van der Waals surface area contributed by atoms with E-state index in [1.807, 2.05) is 0 Å².